The molecule has 0 saturated carbocycles. The van der Waals surface area contributed by atoms with Crippen LogP contribution < -0.4 is 16.8 Å². The van der Waals surface area contributed by atoms with E-state index in [0.29, 0.717) is 38.6 Å². The van der Waals surface area contributed by atoms with Gasteiger partial charge in [0.05, 0.1) is 12.6 Å². The van der Waals surface area contributed by atoms with Gasteiger partial charge in [-0.2, -0.15) is 0 Å². The highest BCUT2D eigenvalue weighted by Gasteiger charge is 2.30. The highest BCUT2D eigenvalue weighted by molar-refractivity contribution is 5.89. The Labute approximate surface area is 161 Å². The van der Waals surface area contributed by atoms with Gasteiger partial charge in [-0.05, 0) is 44.2 Å². The molecule has 2 atom stereocenters. The van der Waals surface area contributed by atoms with Crippen LogP contribution in [0.1, 0.15) is 37.7 Å². The standard InChI is InChI=1S/C20H32N4O3/c1-2-27-14-18(23-19(25)17(22)8-11-21)20(26)24-12-9-16(10-13-24)15-6-4-3-5-7-15/h3-7,16-18H,2,8-14,21-22H2,1H3,(H,23,25)/t17-,18+/m0/s1. The van der Waals surface area contributed by atoms with Gasteiger partial charge in [-0.25, -0.2) is 0 Å². The summed E-state index contributed by atoms with van der Waals surface area (Å²) in [5.74, 6) is -0.00547. The summed E-state index contributed by atoms with van der Waals surface area (Å²) in [5, 5.41) is 2.74. The number of benzene rings is 1. The molecule has 150 valence electrons. The zero-order chi connectivity index (χ0) is 19.6. The van der Waals surface area contributed by atoms with E-state index in [2.05, 4.69) is 17.4 Å². The van der Waals surface area contributed by atoms with Crippen molar-refractivity contribution in [3.8, 4) is 0 Å². The van der Waals surface area contributed by atoms with Gasteiger partial charge in [-0.15, -0.1) is 0 Å². The zero-order valence-corrected chi connectivity index (χ0v) is 16.1. The van der Waals surface area contributed by atoms with E-state index in [9.17, 15) is 9.59 Å². The minimum absolute atomic E-state index is 0.108. The van der Waals surface area contributed by atoms with Crippen LogP contribution in [-0.2, 0) is 14.3 Å². The number of piperidine rings is 1. The van der Waals surface area contributed by atoms with Crippen molar-refractivity contribution in [1.82, 2.24) is 10.2 Å². The predicted octanol–water partition coefficient (Wildman–Crippen LogP) is 0.590. The van der Waals surface area contributed by atoms with Crippen molar-refractivity contribution in [2.24, 2.45) is 11.5 Å². The Bertz CT molecular complexity index is 588. The number of ether oxygens (including phenoxy) is 1. The molecule has 5 N–H and O–H groups in total. The molecule has 2 amide bonds. The molecule has 1 aliphatic heterocycles. The van der Waals surface area contributed by atoms with E-state index in [4.69, 9.17) is 16.2 Å². The van der Waals surface area contributed by atoms with Crippen LogP contribution in [-0.4, -0.2) is 61.6 Å². The molecular formula is C20H32N4O3. The molecule has 7 heteroatoms. The first-order valence-corrected chi connectivity index (χ1v) is 9.74. The molecule has 1 heterocycles. The first kappa shape index (κ1) is 21.3. The second-order valence-corrected chi connectivity index (χ2v) is 6.91. The van der Waals surface area contributed by atoms with Crippen LogP contribution in [0.3, 0.4) is 0 Å². The van der Waals surface area contributed by atoms with E-state index < -0.39 is 12.1 Å². The molecule has 2 rings (SSSR count). The zero-order valence-electron chi connectivity index (χ0n) is 16.1. The molecule has 0 unspecified atom stereocenters. The minimum atomic E-state index is -0.713. The summed E-state index contributed by atoms with van der Waals surface area (Å²) in [6.45, 7) is 4.15. The summed E-state index contributed by atoms with van der Waals surface area (Å²) >= 11 is 0. The van der Waals surface area contributed by atoms with Crippen molar-refractivity contribution >= 4 is 11.8 Å². The lowest BCUT2D eigenvalue weighted by molar-refractivity contribution is -0.139. The fourth-order valence-electron chi connectivity index (χ4n) is 3.38. The van der Waals surface area contributed by atoms with E-state index in [1.165, 1.54) is 5.56 Å². The average molecular weight is 377 g/mol. The number of nitrogens with zero attached hydrogens (tertiary/aromatic N) is 1. The van der Waals surface area contributed by atoms with Crippen LogP contribution in [0.15, 0.2) is 30.3 Å². The van der Waals surface area contributed by atoms with Crippen molar-refractivity contribution in [3.63, 3.8) is 0 Å². The second kappa shape index (κ2) is 11.0. The highest BCUT2D eigenvalue weighted by Crippen LogP contribution is 2.27. The molecule has 7 nitrogen and oxygen atoms in total. The molecule has 1 aromatic carbocycles. The minimum Gasteiger partial charge on any atom is -0.379 e. The molecular weight excluding hydrogens is 344 g/mol. The van der Waals surface area contributed by atoms with Crippen molar-refractivity contribution < 1.29 is 14.3 Å². The van der Waals surface area contributed by atoms with E-state index in [0.717, 1.165) is 12.8 Å². The van der Waals surface area contributed by atoms with Gasteiger partial charge < -0.3 is 26.4 Å². The SMILES string of the molecule is CCOC[C@@H](NC(=O)[C@@H](N)CCN)C(=O)N1CCC(c2ccccc2)CC1. The lowest BCUT2D eigenvalue weighted by Crippen LogP contribution is -2.55. The molecule has 1 aromatic rings. The van der Waals surface area contributed by atoms with Gasteiger partial charge in [0.15, 0.2) is 0 Å². The molecule has 0 aliphatic carbocycles. The van der Waals surface area contributed by atoms with Crippen LogP contribution >= 0.6 is 0 Å². The number of carbonyl (C=O) groups excluding carboxylic acids is 2. The van der Waals surface area contributed by atoms with Crippen LogP contribution in [0.5, 0.6) is 0 Å². The Morgan fingerprint density at radius 1 is 1.26 bits per heavy atom. The number of hydrogen-bond donors (Lipinski definition) is 3. The molecule has 0 radical (unpaired) electrons. The van der Waals surface area contributed by atoms with Crippen molar-refractivity contribution in [3.05, 3.63) is 35.9 Å². The van der Waals surface area contributed by atoms with E-state index in [1.807, 2.05) is 30.0 Å². The largest absolute Gasteiger partial charge is 0.379 e. The van der Waals surface area contributed by atoms with Crippen LogP contribution in [0.2, 0.25) is 0 Å². The summed E-state index contributed by atoms with van der Waals surface area (Å²) in [4.78, 5) is 27.0. The van der Waals surface area contributed by atoms with Gasteiger partial charge >= 0.3 is 0 Å². The van der Waals surface area contributed by atoms with E-state index in [1.54, 1.807) is 0 Å². The fourth-order valence-corrected chi connectivity index (χ4v) is 3.38. The quantitative estimate of drug-likeness (QED) is 0.584. The number of rotatable bonds is 9. The predicted molar refractivity (Wildman–Crippen MR) is 105 cm³/mol. The van der Waals surface area contributed by atoms with Gasteiger partial charge in [0.1, 0.15) is 6.04 Å². The maximum atomic E-state index is 12.9. The van der Waals surface area contributed by atoms with Crippen LogP contribution in [0.25, 0.3) is 0 Å². The Kier molecular flexibility index (Phi) is 8.71. The summed E-state index contributed by atoms with van der Waals surface area (Å²) in [7, 11) is 0. The average Bonchev–Trinajstić information content (AvgIpc) is 2.71. The lowest BCUT2D eigenvalue weighted by Gasteiger charge is -2.34. The van der Waals surface area contributed by atoms with E-state index >= 15 is 0 Å². The van der Waals surface area contributed by atoms with Gasteiger partial charge in [0.25, 0.3) is 0 Å². The lowest BCUT2D eigenvalue weighted by atomic mass is 9.89. The third-order valence-electron chi connectivity index (χ3n) is 5.00. The molecule has 1 fully saturated rings. The normalized spacial score (nSPS) is 17.4. The molecule has 0 aromatic heterocycles. The maximum Gasteiger partial charge on any atom is 0.247 e. The van der Waals surface area contributed by atoms with Crippen LogP contribution in [0.4, 0.5) is 0 Å². The molecule has 1 saturated heterocycles. The number of nitrogens with one attached hydrogen (secondary N) is 1. The third kappa shape index (κ3) is 6.30. The van der Waals surface area contributed by atoms with E-state index in [-0.39, 0.29) is 18.4 Å². The van der Waals surface area contributed by atoms with Gasteiger partial charge in [0, 0.05) is 19.7 Å². The monoisotopic (exact) mass is 376 g/mol. The summed E-state index contributed by atoms with van der Waals surface area (Å²) < 4.78 is 5.41. The van der Waals surface area contributed by atoms with Crippen molar-refractivity contribution in [2.75, 3.05) is 32.8 Å². The fraction of sp³-hybridized carbons (Fsp3) is 0.600. The maximum absolute atomic E-state index is 12.9. The summed E-state index contributed by atoms with van der Waals surface area (Å²) in [5.41, 5.74) is 12.6. The van der Waals surface area contributed by atoms with Gasteiger partial charge in [0.2, 0.25) is 11.8 Å². The topological polar surface area (TPSA) is 111 Å². The first-order chi connectivity index (χ1) is 13.1. The number of amides is 2. The number of hydrogen-bond acceptors (Lipinski definition) is 5. The Morgan fingerprint density at radius 2 is 1.93 bits per heavy atom. The summed E-state index contributed by atoms with van der Waals surface area (Å²) in [6, 6.07) is 8.96. The van der Waals surface area contributed by atoms with Crippen molar-refractivity contribution in [2.45, 2.75) is 44.2 Å². The van der Waals surface area contributed by atoms with Crippen molar-refractivity contribution in [1.29, 1.82) is 0 Å². The third-order valence-corrected chi connectivity index (χ3v) is 5.00. The number of carbonyl (C=O) groups is 2. The van der Waals surface area contributed by atoms with Gasteiger partial charge in [-0.1, -0.05) is 30.3 Å². The first-order valence-electron chi connectivity index (χ1n) is 9.74. The number of nitrogens with two attached hydrogens (primary N) is 2. The Balaban J connectivity index is 1.93. The Morgan fingerprint density at radius 3 is 2.52 bits per heavy atom. The highest BCUT2D eigenvalue weighted by atomic mass is 16.5. The van der Waals surface area contributed by atoms with Gasteiger partial charge in [-0.3, -0.25) is 9.59 Å². The Hall–Kier alpha value is -1.96. The molecule has 27 heavy (non-hydrogen) atoms. The number of likely N-dealkylation sites (tertiary alicyclic amines) is 1. The summed E-state index contributed by atoms with van der Waals surface area (Å²) in [6.07, 6.45) is 2.21. The smallest absolute Gasteiger partial charge is 0.247 e. The van der Waals surface area contributed by atoms with Crippen LogP contribution in [0, 0.1) is 0 Å². The second-order valence-electron chi connectivity index (χ2n) is 6.91. The molecule has 1 aliphatic rings. The molecule has 0 bridgehead atoms. The molecule has 0 spiro atoms.